The molecule has 0 bridgehead atoms. The third kappa shape index (κ3) is 6.09. The minimum absolute atomic E-state index is 0.126. The topological polar surface area (TPSA) is 21.3 Å². The highest BCUT2D eigenvalue weighted by atomic mass is 16.5. The third-order valence-electron chi connectivity index (χ3n) is 4.04. The number of rotatable bonds is 8. The maximum absolute atomic E-state index is 6.06. The van der Waals surface area contributed by atoms with E-state index in [2.05, 4.69) is 58.1 Å². The van der Waals surface area contributed by atoms with Crippen molar-refractivity contribution in [1.29, 1.82) is 0 Å². The fourth-order valence-corrected chi connectivity index (χ4v) is 2.39. The van der Waals surface area contributed by atoms with Crippen LogP contribution in [0.5, 0.6) is 5.75 Å². The fraction of sp³-hybridized carbons (Fsp3) is 0.684. The molecule has 0 fully saturated rings. The molecule has 0 amide bonds. The predicted octanol–water partition coefficient (Wildman–Crippen LogP) is 4.70. The summed E-state index contributed by atoms with van der Waals surface area (Å²) in [6.45, 7) is 12.0. The van der Waals surface area contributed by atoms with Gasteiger partial charge in [-0.25, -0.2) is 0 Å². The molecular weight excluding hydrogens is 258 g/mol. The standard InChI is InChI=1S/C19H33NO/c1-7-16-11-12-18(17(14-16)19(3,4)5)21-13-9-8-10-15(2)20-6/h11-12,14-15,20H,7-10,13H2,1-6H3. The van der Waals surface area contributed by atoms with E-state index in [0.717, 1.165) is 25.2 Å². The molecule has 120 valence electrons. The van der Waals surface area contributed by atoms with Gasteiger partial charge in [0, 0.05) is 6.04 Å². The average molecular weight is 291 g/mol. The van der Waals surface area contributed by atoms with Crippen LogP contribution in [0.3, 0.4) is 0 Å². The lowest BCUT2D eigenvalue weighted by Gasteiger charge is -2.24. The maximum Gasteiger partial charge on any atom is 0.123 e. The zero-order valence-corrected chi connectivity index (χ0v) is 14.8. The van der Waals surface area contributed by atoms with Gasteiger partial charge >= 0.3 is 0 Å². The molecule has 0 aliphatic heterocycles. The number of hydrogen-bond acceptors (Lipinski definition) is 2. The highest BCUT2D eigenvalue weighted by Crippen LogP contribution is 2.32. The van der Waals surface area contributed by atoms with Gasteiger partial charge in [0.2, 0.25) is 0 Å². The highest BCUT2D eigenvalue weighted by Gasteiger charge is 2.19. The molecule has 1 unspecified atom stereocenters. The van der Waals surface area contributed by atoms with Gasteiger partial charge < -0.3 is 10.1 Å². The summed E-state index contributed by atoms with van der Waals surface area (Å²) in [7, 11) is 2.02. The van der Waals surface area contributed by atoms with Gasteiger partial charge in [0.1, 0.15) is 5.75 Å². The highest BCUT2D eigenvalue weighted by molar-refractivity contribution is 5.41. The van der Waals surface area contributed by atoms with Crippen molar-refractivity contribution in [3.63, 3.8) is 0 Å². The average Bonchev–Trinajstić information content (AvgIpc) is 2.45. The lowest BCUT2D eigenvalue weighted by Crippen LogP contribution is -2.20. The first kappa shape index (κ1) is 18.0. The van der Waals surface area contributed by atoms with Crippen LogP contribution in [0, 0.1) is 0 Å². The first-order valence-corrected chi connectivity index (χ1v) is 8.32. The second-order valence-corrected chi connectivity index (χ2v) is 6.97. The number of unbranched alkanes of at least 4 members (excludes halogenated alkanes) is 1. The Morgan fingerprint density at radius 1 is 1.19 bits per heavy atom. The zero-order valence-electron chi connectivity index (χ0n) is 14.8. The molecule has 2 nitrogen and oxygen atoms in total. The van der Waals surface area contributed by atoms with Crippen molar-refractivity contribution < 1.29 is 4.74 Å². The Morgan fingerprint density at radius 2 is 1.90 bits per heavy atom. The molecule has 1 atom stereocenters. The largest absolute Gasteiger partial charge is 0.493 e. The molecule has 1 N–H and O–H groups in total. The summed E-state index contributed by atoms with van der Waals surface area (Å²) >= 11 is 0. The van der Waals surface area contributed by atoms with Crippen LogP contribution < -0.4 is 10.1 Å². The second kappa shape index (κ2) is 8.43. The molecule has 1 aromatic carbocycles. The van der Waals surface area contributed by atoms with E-state index in [1.165, 1.54) is 24.0 Å². The van der Waals surface area contributed by atoms with Crippen molar-refractivity contribution in [2.24, 2.45) is 0 Å². The molecule has 21 heavy (non-hydrogen) atoms. The van der Waals surface area contributed by atoms with Crippen LogP contribution in [-0.4, -0.2) is 19.7 Å². The Balaban J connectivity index is 2.58. The number of hydrogen-bond donors (Lipinski definition) is 1. The quantitative estimate of drug-likeness (QED) is 0.701. The summed E-state index contributed by atoms with van der Waals surface area (Å²) < 4.78 is 6.06. The van der Waals surface area contributed by atoms with Gasteiger partial charge in [-0.1, -0.05) is 39.8 Å². The van der Waals surface area contributed by atoms with Gasteiger partial charge in [-0.3, -0.25) is 0 Å². The van der Waals surface area contributed by atoms with Crippen LogP contribution in [0.2, 0.25) is 0 Å². The van der Waals surface area contributed by atoms with Crippen LogP contribution in [0.1, 0.15) is 65.0 Å². The van der Waals surface area contributed by atoms with E-state index < -0.39 is 0 Å². The zero-order chi connectivity index (χ0) is 15.9. The number of benzene rings is 1. The Labute approximate surface area is 131 Å². The molecular formula is C19H33NO. The molecule has 0 radical (unpaired) electrons. The molecule has 0 saturated carbocycles. The molecule has 1 rings (SSSR count). The van der Waals surface area contributed by atoms with E-state index in [0.29, 0.717) is 6.04 Å². The van der Waals surface area contributed by atoms with Crippen molar-refractivity contribution in [3.8, 4) is 5.75 Å². The Morgan fingerprint density at radius 3 is 2.48 bits per heavy atom. The molecule has 0 aromatic heterocycles. The van der Waals surface area contributed by atoms with Crippen LogP contribution in [0.15, 0.2) is 18.2 Å². The SMILES string of the molecule is CCc1ccc(OCCCCC(C)NC)c(C(C)(C)C)c1. The molecule has 2 heteroatoms. The van der Waals surface area contributed by atoms with Crippen LogP contribution in [0.4, 0.5) is 0 Å². The van der Waals surface area contributed by atoms with Crippen molar-refractivity contribution in [2.75, 3.05) is 13.7 Å². The Kier molecular flexibility index (Phi) is 7.24. The molecule has 0 spiro atoms. The first-order valence-electron chi connectivity index (χ1n) is 8.32. The first-order chi connectivity index (χ1) is 9.88. The summed E-state index contributed by atoms with van der Waals surface area (Å²) in [6.07, 6.45) is 4.61. The lowest BCUT2D eigenvalue weighted by molar-refractivity contribution is 0.294. The maximum atomic E-state index is 6.06. The van der Waals surface area contributed by atoms with Gasteiger partial charge in [0.05, 0.1) is 6.61 Å². The number of aryl methyl sites for hydroxylation is 1. The van der Waals surface area contributed by atoms with E-state index in [1.54, 1.807) is 0 Å². The predicted molar refractivity (Wildman–Crippen MR) is 92.4 cm³/mol. The second-order valence-electron chi connectivity index (χ2n) is 6.97. The Hall–Kier alpha value is -1.02. The van der Waals surface area contributed by atoms with Gasteiger partial charge in [0.25, 0.3) is 0 Å². The van der Waals surface area contributed by atoms with Crippen LogP contribution >= 0.6 is 0 Å². The number of ether oxygens (including phenoxy) is 1. The summed E-state index contributed by atoms with van der Waals surface area (Å²) in [5.41, 5.74) is 2.84. The molecule has 0 aliphatic rings. The van der Waals surface area contributed by atoms with Crippen LogP contribution in [0.25, 0.3) is 0 Å². The molecule has 1 aromatic rings. The van der Waals surface area contributed by atoms with Gasteiger partial charge in [-0.05, 0) is 62.3 Å². The fourth-order valence-electron chi connectivity index (χ4n) is 2.39. The third-order valence-corrected chi connectivity index (χ3v) is 4.04. The minimum Gasteiger partial charge on any atom is -0.493 e. The summed E-state index contributed by atoms with van der Waals surface area (Å²) in [6, 6.07) is 7.24. The summed E-state index contributed by atoms with van der Waals surface area (Å²) in [5.74, 6) is 1.06. The van der Waals surface area contributed by atoms with Crippen molar-refractivity contribution in [1.82, 2.24) is 5.32 Å². The minimum atomic E-state index is 0.126. The van der Waals surface area contributed by atoms with Gasteiger partial charge in [0.15, 0.2) is 0 Å². The van der Waals surface area contributed by atoms with Crippen LogP contribution in [-0.2, 0) is 11.8 Å². The number of nitrogens with one attached hydrogen (secondary N) is 1. The molecule has 0 aliphatic carbocycles. The molecule has 0 heterocycles. The van der Waals surface area contributed by atoms with Gasteiger partial charge in [-0.15, -0.1) is 0 Å². The summed E-state index contributed by atoms with van der Waals surface area (Å²) in [4.78, 5) is 0. The van der Waals surface area contributed by atoms with E-state index in [1.807, 2.05) is 7.05 Å². The van der Waals surface area contributed by atoms with E-state index >= 15 is 0 Å². The van der Waals surface area contributed by atoms with Crippen molar-refractivity contribution in [2.45, 2.75) is 71.8 Å². The van der Waals surface area contributed by atoms with Crippen molar-refractivity contribution in [3.05, 3.63) is 29.3 Å². The van der Waals surface area contributed by atoms with E-state index in [9.17, 15) is 0 Å². The van der Waals surface area contributed by atoms with Crippen molar-refractivity contribution >= 4 is 0 Å². The Bertz CT molecular complexity index is 420. The summed E-state index contributed by atoms with van der Waals surface area (Å²) in [5, 5.41) is 3.27. The van der Waals surface area contributed by atoms with E-state index in [4.69, 9.17) is 4.74 Å². The monoisotopic (exact) mass is 291 g/mol. The molecule has 0 saturated heterocycles. The normalized spacial score (nSPS) is 13.2. The van der Waals surface area contributed by atoms with Gasteiger partial charge in [-0.2, -0.15) is 0 Å². The van der Waals surface area contributed by atoms with E-state index in [-0.39, 0.29) is 5.41 Å². The lowest BCUT2D eigenvalue weighted by atomic mass is 9.85. The smallest absolute Gasteiger partial charge is 0.123 e.